The van der Waals surface area contributed by atoms with E-state index in [1.54, 1.807) is 12.1 Å². The van der Waals surface area contributed by atoms with E-state index in [1.165, 1.54) is 25.0 Å². The first-order valence-corrected chi connectivity index (χ1v) is 12.0. The lowest BCUT2D eigenvalue weighted by Crippen LogP contribution is -2.42. The summed E-state index contributed by atoms with van der Waals surface area (Å²) >= 11 is 0. The van der Waals surface area contributed by atoms with Gasteiger partial charge in [0, 0.05) is 41.8 Å². The fraction of sp³-hybridized carbons (Fsp3) is 0.423. The molecule has 0 bridgehead atoms. The summed E-state index contributed by atoms with van der Waals surface area (Å²) in [4.78, 5) is 45.5. The predicted octanol–water partition coefficient (Wildman–Crippen LogP) is 3.52. The molecule has 0 unspecified atom stereocenters. The number of nitrogens with zero attached hydrogens (tertiary/aromatic N) is 2. The van der Waals surface area contributed by atoms with E-state index in [0.29, 0.717) is 28.1 Å². The van der Waals surface area contributed by atoms with Gasteiger partial charge in [-0.15, -0.1) is 0 Å². The number of nitrogens with one attached hydrogen (secondary N) is 2. The van der Waals surface area contributed by atoms with Crippen molar-refractivity contribution in [1.82, 2.24) is 14.8 Å². The maximum atomic E-state index is 13.6. The van der Waals surface area contributed by atoms with Gasteiger partial charge in [-0.1, -0.05) is 0 Å². The molecule has 0 saturated carbocycles. The number of aryl methyl sites for hydroxylation is 1. The third-order valence-electron chi connectivity index (χ3n) is 7.33. The van der Waals surface area contributed by atoms with Crippen molar-refractivity contribution in [3.05, 3.63) is 51.8 Å². The van der Waals surface area contributed by atoms with Crippen LogP contribution in [0.3, 0.4) is 0 Å². The van der Waals surface area contributed by atoms with Crippen LogP contribution in [-0.4, -0.2) is 69.9 Å². The summed E-state index contributed by atoms with van der Waals surface area (Å²) in [5.74, 6) is -1.29. The van der Waals surface area contributed by atoms with Crippen molar-refractivity contribution in [3.8, 4) is 0 Å². The molecule has 4 heterocycles. The fourth-order valence-corrected chi connectivity index (χ4v) is 5.55. The molecule has 1 atom stereocenters. The van der Waals surface area contributed by atoms with Crippen molar-refractivity contribution in [1.29, 1.82) is 0 Å². The number of rotatable bonds is 5. The minimum atomic E-state index is -1.05. The number of carboxylic acids is 1. The molecular formula is C26H30N4O4. The number of benzene rings is 1. The molecule has 8 heteroatoms. The van der Waals surface area contributed by atoms with Gasteiger partial charge in [0.25, 0.3) is 11.8 Å². The zero-order chi connectivity index (χ0) is 24.0. The lowest BCUT2D eigenvalue weighted by Gasteiger charge is -2.28. The van der Waals surface area contributed by atoms with Gasteiger partial charge in [-0.05, 0) is 82.5 Å². The standard InChI is InChI=1S/C26H30N4O4/c1-15-22(13-20-19-12-17(26(33)34)7-8-21(19)28-24(20)31)27-16(2)23(15)25(32)30-11-5-6-18(30)14-29-9-3-4-10-29/h7-8,12-13,18,27H,3-6,9-11,14H2,1-2H3,(H,28,31)(H,33,34)/b20-13-/t18-/m1/s1. The fourth-order valence-electron chi connectivity index (χ4n) is 5.55. The number of H-pyrrole nitrogens is 1. The van der Waals surface area contributed by atoms with E-state index in [4.69, 9.17) is 0 Å². The molecule has 3 N–H and O–H groups in total. The Labute approximate surface area is 198 Å². The number of aromatic amines is 1. The average Bonchev–Trinajstić information content (AvgIpc) is 3.58. The van der Waals surface area contributed by atoms with Crippen molar-refractivity contribution in [2.75, 3.05) is 31.5 Å². The van der Waals surface area contributed by atoms with Crippen molar-refractivity contribution < 1.29 is 19.5 Å². The van der Waals surface area contributed by atoms with Crippen LogP contribution in [-0.2, 0) is 4.79 Å². The second kappa shape index (κ2) is 8.76. The third-order valence-corrected chi connectivity index (χ3v) is 7.33. The Morgan fingerprint density at radius 1 is 1.15 bits per heavy atom. The highest BCUT2D eigenvalue weighted by Crippen LogP contribution is 2.35. The third kappa shape index (κ3) is 3.92. The van der Waals surface area contributed by atoms with Crippen LogP contribution in [0.4, 0.5) is 5.69 Å². The summed E-state index contributed by atoms with van der Waals surface area (Å²) in [6.45, 7) is 7.73. The number of likely N-dealkylation sites (tertiary alicyclic amines) is 2. The van der Waals surface area contributed by atoms with Crippen LogP contribution >= 0.6 is 0 Å². The molecule has 34 heavy (non-hydrogen) atoms. The van der Waals surface area contributed by atoms with Crippen LogP contribution in [0.25, 0.3) is 11.6 Å². The number of amides is 2. The quantitative estimate of drug-likeness (QED) is 0.590. The summed E-state index contributed by atoms with van der Waals surface area (Å²) in [7, 11) is 0. The van der Waals surface area contributed by atoms with Gasteiger partial charge in [-0.25, -0.2) is 4.79 Å². The van der Waals surface area contributed by atoms with Crippen molar-refractivity contribution >= 4 is 35.1 Å². The van der Waals surface area contributed by atoms with E-state index in [2.05, 4.69) is 15.2 Å². The smallest absolute Gasteiger partial charge is 0.335 e. The maximum absolute atomic E-state index is 13.6. The summed E-state index contributed by atoms with van der Waals surface area (Å²) in [6.07, 6.45) is 6.24. The molecule has 2 saturated heterocycles. The first-order chi connectivity index (χ1) is 16.3. The molecule has 5 rings (SSSR count). The first kappa shape index (κ1) is 22.4. The summed E-state index contributed by atoms with van der Waals surface area (Å²) in [5.41, 5.74) is 4.57. The zero-order valence-electron chi connectivity index (χ0n) is 19.6. The normalized spacial score (nSPS) is 21.4. The highest BCUT2D eigenvalue weighted by Gasteiger charge is 2.34. The Balaban J connectivity index is 1.44. The molecule has 178 valence electrons. The molecule has 0 spiro atoms. The van der Waals surface area contributed by atoms with Gasteiger partial charge >= 0.3 is 5.97 Å². The van der Waals surface area contributed by atoms with Crippen LogP contribution in [0.15, 0.2) is 18.2 Å². The number of aromatic carboxylic acids is 1. The molecule has 0 aliphatic carbocycles. The minimum Gasteiger partial charge on any atom is -0.478 e. The summed E-state index contributed by atoms with van der Waals surface area (Å²) in [6, 6.07) is 4.82. The van der Waals surface area contributed by atoms with Crippen LogP contribution in [0.2, 0.25) is 0 Å². The van der Waals surface area contributed by atoms with E-state index < -0.39 is 5.97 Å². The number of carbonyl (C=O) groups excluding carboxylic acids is 2. The Morgan fingerprint density at radius 2 is 1.91 bits per heavy atom. The van der Waals surface area contributed by atoms with Crippen molar-refractivity contribution in [2.45, 2.75) is 45.6 Å². The van der Waals surface area contributed by atoms with Gasteiger partial charge < -0.3 is 25.2 Å². The molecule has 2 fully saturated rings. The Morgan fingerprint density at radius 3 is 2.65 bits per heavy atom. The van der Waals surface area contributed by atoms with Crippen LogP contribution < -0.4 is 5.32 Å². The van der Waals surface area contributed by atoms with Crippen molar-refractivity contribution in [3.63, 3.8) is 0 Å². The second-order valence-corrected chi connectivity index (χ2v) is 9.54. The van der Waals surface area contributed by atoms with E-state index in [9.17, 15) is 19.5 Å². The number of fused-ring (bicyclic) bond motifs is 1. The molecule has 8 nitrogen and oxygen atoms in total. The highest BCUT2D eigenvalue weighted by molar-refractivity contribution is 6.35. The Kier molecular flexibility index (Phi) is 5.77. The lowest BCUT2D eigenvalue weighted by molar-refractivity contribution is -0.110. The summed E-state index contributed by atoms with van der Waals surface area (Å²) < 4.78 is 0. The van der Waals surface area contributed by atoms with Gasteiger partial charge in [0.1, 0.15) is 0 Å². The molecule has 1 aromatic heterocycles. The maximum Gasteiger partial charge on any atom is 0.335 e. The van der Waals surface area contributed by atoms with Gasteiger partial charge in [-0.3, -0.25) is 9.59 Å². The first-order valence-electron chi connectivity index (χ1n) is 12.0. The molecule has 2 amide bonds. The van der Waals surface area contributed by atoms with Gasteiger partial charge in [0.2, 0.25) is 0 Å². The number of hydrogen-bond donors (Lipinski definition) is 3. The average molecular weight is 463 g/mol. The van der Waals surface area contributed by atoms with E-state index in [0.717, 1.165) is 50.3 Å². The van der Waals surface area contributed by atoms with Gasteiger partial charge in [-0.2, -0.15) is 0 Å². The molecule has 2 aromatic rings. The highest BCUT2D eigenvalue weighted by atomic mass is 16.4. The number of anilines is 1. The molecule has 3 aliphatic heterocycles. The van der Waals surface area contributed by atoms with Crippen LogP contribution in [0.1, 0.15) is 68.9 Å². The Bertz CT molecular complexity index is 1210. The molecule has 1 aromatic carbocycles. The molecule has 3 aliphatic rings. The Hall–Kier alpha value is -3.39. The van der Waals surface area contributed by atoms with Gasteiger partial charge in [0.05, 0.1) is 16.7 Å². The zero-order valence-corrected chi connectivity index (χ0v) is 19.6. The van der Waals surface area contributed by atoms with Crippen LogP contribution in [0, 0.1) is 13.8 Å². The number of aromatic nitrogens is 1. The number of hydrogen-bond acceptors (Lipinski definition) is 4. The summed E-state index contributed by atoms with van der Waals surface area (Å²) in [5, 5.41) is 12.1. The second-order valence-electron chi connectivity index (χ2n) is 9.54. The monoisotopic (exact) mass is 462 g/mol. The minimum absolute atomic E-state index is 0.0436. The van der Waals surface area contributed by atoms with E-state index in [-0.39, 0.29) is 23.4 Å². The van der Waals surface area contributed by atoms with Gasteiger partial charge in [0.15, 0.2) is 0 Å². The topological polar surface area (TPSA) is 106 Å². The lowest BCUT2D eigenvalue weighted by atomic mass is 10.0. The van der Waals surface area contributed by atoms with E-state index in [1.807, 2.05) is 18.7 Å². The largest absolute Gasteiger partial charge is 0.478 e. The molecular weight excluding hydrogens is 432 g/mol. The van der Waals surface area contributed by atoms with Crippen molar-refractivity contribution in [2.24, 2.45) is 0 Å². The molecule has 0 radical (unpaired) electrons. The van der Waals surface area contributed by atoms with Crippen LogP contribution in [0.5, 0.6) is 0 Å². The number of carbonyl (C=O) groups is 3. The number of carboxylic acid groups (broad SMARTS) is 1. The predicted molar refractivity (Wildman–Crippen MR) is 130 cm³/mol. The van der Waals surface area contributed by atoms with E-state index >= 15 is 0 Å². The SMILES string of the molecule is Cc1[nH]c(/C=C2\C(=O)Nc3ccc(C(=O)O)cc32)c(C)c1C(=O)N1CCC[C@@H]1CN1CCCC1.